The first-order chi connectivity index (χ1) is 8.29. The molecule has 0 aliphatic rings. The lowest BCUT2D eigenvalue weighted by atomic mass is 9.92. The Labute approximate surface area is 114 Å². The number of nitrogens with zero attached hydrogens (tertiary/aromatic N) is 2. The monoisotopic (exact) mass is 316 g/mol. The average Bonchev–Trinajstić information content (AvgIpc) is 2.34. The third kappa shape index (κ3) is 3.10. The highest BCUT2D eigenvalue weighted by Crippen LogP contribution is 2.20. The van der Waals surface area contributed by atoms with E-state index in [0.29, 0.717) is 16.7 Å². The average molecular weight is 317 g/mol. The van der Waals surface area contributed by atoms with Crippen LogP contribution in [0.3, 0.4) is 0 Å². The minimum atomic E-state index is -0.574. The number of aryl methyl sites for hydroxylation is 1. The SMILES string of the molecule is CNC(=O)C(C)(C)CNc1cnn(C)c(=O)c1Br. The number of hydrogen-bond donors (Lipinski definition) is 2. The zero-order valence-electron chi connectivity index (χ0n) is 10.9. The summed E-state index contributed by atoms with van der Waals surface area (Å²) in [5.41, 5.74) is -0.220. The predicted octanol–water partition coefficient (Wildman–Crippen LogP) is 0.727. The van der Waals surface area contributed by atoms with Crippen molar-refractivity contribution in [2.45, 2.75) is 13.8 Å². The molecule has 1 heterocycles. The van der Waals surface area contributed by atoms with Crippen molar-refractivity contribution >= 4 is 27.5 Å². The van der Waals surface area contributed by atoms with Gasteiger partial charge in [0.05, 0.1) is 17.3 Å². The lowest BCUT2D eigenvalue weighted by Crippen LogP contribution is -2.39. The molecular formula is C11H17BrN4O2. The molecule has 0 saturated heterocycles. The Morgan fingerprint density at radius 2 is 2.17 bits per heavy atom. The van der Waals surface area contributed by atoms with Gasteiger partial charge < -0.3 is 10.6 Å². The third-order valence-corrected chi connectivity index (χ3v) is 3.41. The van der Waals surface area contributed by atoms with Crippen LogP contribution in [-0.4, -0.2) is 29.3 Å². The number of nitrogens with one attached hydrogen (secondary N) is 2. The summed E-state index contributed by atoms with van der Waals surface area (Å²) >= 11 is 3.22. The van der Waals surface area contributed by atoms with E-state index < -0.39 is 5.41 Å². The number of halogens is 1. The number of anilines is 1. The van der Waals surface area contributed by atoms with Gasteiger partial charge in [-0.3, -0.25) is 9.59 Å². The van der Waals surface area contributed by atoms with Crippen LogP contribution in [0.2, 0.25) is 0 Å². The van der Waals surface area contributed by atoms with Gasteiger partial charge in [0.2, 0.25) is 5.91 Å². The summed E-state index contributed by atoms with van der Waals surface area (Å²) in [7, 11) is 3.17. The molecule has 1 amide bonds. The second-order valence-corrected chi connectivity index (χ2v) is 5.41. The van der Waals surface area contributed by atoms with Gasteiger partial charge >= 0.3 is 0 Å². The number of carbonyl (C=O) groups excluding carboxylic acids is 1. The van der Waals surface area contributed by atoms with Crippen LogP contribution >= 0.6 is 15.9 Å². The van der Waals surface area contributed by atoms with Crippen molar-refractivity contribution in [3.8, 4) is 0 Å². The first-order valence-electron chi connectivity index (χ1n) is 5.47. The number of aromatic nitrogens is 2. The van der Waals surface area contributed by atoms with Crippen molar-refractivity contribution in [3.63, 3.8) is 0 Å². The molecule has 0 radical (unpaired) electrons. The highest BCUT2D eigenvalue weighted by Gasteiger charge is 2.26. The largest absolute Gasteiger partial charge is 0.382 e. The minimum Gasteiger partial charge on any atom is -0.382 e. The Hall–Kier alpha value is -1.37. The molecule has 7 heteroatoms. The van der Waals surface area contributed by atoms with Gasteiger partial charge in [-0.1, -0.05) is 0 Å². The van der Waals surface area contributed by atoms with Gasteiger partial charge in [-0.2, -0.15) is 5.10 Å². The number of carbonyl (C=O) groups is 1. The number of hydrogen-bond acceptors (Lipinski definition) is 4. The quantitative estimate of drug-likeness (QED) is 0.858. The number of rotatable bonds is 4. The van der Waals surface area contributed by atoms with Gasteiger partial charge in [-0.15, -0.1) is 0 Å². The summed E-state index contributed by atoms with van der Waals surface area (Å²) in [6.45, 7) is 4.04. The van der Waals surface area contributed by atoms with Crippen LogP contribution < -0.4 is 16.2 Å². The van der Waals surface area contributed by atoms with Gasteiger partial charge in [-0.05, 0) is 29.8 Å². The molecule has 1 aromatic rings. The van der Waals surface area contributed by atoms with Crippen LogP contribution in [0.4, 0.5) is 5.69 Å². The Kier molecular flexibility index (Phi) is 4.50. The molecule has 0 atom stereocenters. The van der Waals surface area contributed by atoms with E-state index in [1.807, 2.05) is 13.8 Å². The Morgan fingerprint density at radius 3 is 2.72 bits per heavy atom. The van der Waals surface area contributed by atoms with Crippen molar-refractivity contribution < 1.29 is 4.79 Å². The number of amides is 1. The normalized spacial score (nSPS) is 11.2. The molecule has 1 rings (SSSR count). The fourth-order valence-electron chi connectivity index (χ4n) is 1.37. The molecular weight excluding hydrogens is 300 g/mol. The maximum atomic E-state index is 11.6. The molecule has 0 fully saturated rings. The van der Waals surface area contributed by atoms with Crippen molar-refractivity contribution in [1.29, 1.82) is 0 Å². The van der Waals surface area contributed by atoms with Crippen LogP contribution in [0.25, 0.3) is 0 Å². The predicted molar refractivity (Wildman–Crippen MR) is 73.5 cm³/mol. The van der Waals surface area contributed by atoms with Gasteiger partial charge in [0.25, 0.3) is 5.56 Å². The van der Waals surface area contributed by atoms with E-state index in [9.17, 15) is 9.59 Å². The highest BCUT2D eigenvalue weighted by molar-refractivity contribution is 9.10. The first-order valence-corrected chi connectivity index (χ1v) is 6.27. The van der Waals surface area contributed by atoms with E-state index in [1.165, 1.54) is 4.68 Å². The van der Waals surface area contributed by atoms with Crippen LogP contribution in [-0.2, 0) is 11.8 Å². The van der Waals surface area contributed by atoms with Crippen LogP contribution in [0.15, 0.2) is 15.5 Å². The van der Waals surface area contributed by atoms with E-state index in [2.05, 4.69) is 31.7 Å². The van der Waals surface area contributed by atoms with Gasteiger partial charge in [0.1, 0.15) is 4.47 Å². The maximum Gasteiger partial charge on any atom is 0.282 e. The van der Waals surface area contributed by atoms with E-state index in [0.717, 1.165) is 0 Å². The summed E-state index contributed by atoms with van der Waals surface area (Å²) in [6.07, 6.45) is 1.55. The van der Waals surface area contributed by atoms with Crippen LogP contribution in [0, 0.1) is 5.41 Å². The Balaban J connectivity index is 2.85. The van der Waals surface area contributed by atoms with E-state index in [4.69, 9.17) is 0 Å². The summed E-state index contributed by atoms with van der Waals surface area (Å²) in [5, 5.41) is 9.57. The molecule has 0 aliphatic heterocycles. The lowest BCUT2D eigenvalue weighted by molar-refractivity contribution is -0.128. The highest BCUT2D eigenvalue weighted by atomic mass is 79.9. The molecule has 0 aliphatic carbocycles. The fourth-order valence-corrected chi connectivity index (χ4v) is 1.87. The van der Waals surface area contributed by atoms with Crippen molar-refractivity contribution in [3.05, 3.63) is 21.0 Å². The van der Waals surface area contributed by atoms with E-state index in [-0.39, 0.29) is 11.5 Å². The molecule has 100 valence electrons. The molecule has 0 bridgehead atoms. The van der Waals surface area contributed by atoms with Crippen molar-refractivity contribution in [1.82, 2.24) is 15.1 Å². The first kappa shape index (κ1) is 14.7. The zero-order chi connectivity index (χ0) is 13.9. The van der Waals surface area contributed by atoms with E-state index in [1.54, 1.807) is 20.3 Å². The molecule has 6 nitrogen and oxygen atoms in total. The maximum absolute atomic E-state index is 11.6. The Bertz CT molecular complexity index is 510. The van der Waals surface area contributed by atoms with Crippen molar-refractivity contribution in [2.75, 3.05) is 18.9 Å². The van der Waals surface area contributed by atoms with Crippen LogP contribution in [0.1, 0.15) is 13.8 Å². The second-order valence-electron chi connectivity index (χ2n) is 4.62. The van der Waals surface area contributed by atoms with E-state index >= 15 is 0 Å². The molecule has 2 N–H and O–H groups in total. The van der Waals surface area contributed by atoms with Crippen molar-refractivity contribution in [2.24, 2.45) is 12.5 Å². The van der Waals surface area contributed by atoms with Gasteiger partial charge in [0.15, 0.2) is 0 Å². The molecule has 1 aromatic heterocycles. The third-order valence-electron chi connectivity index (χ3n) is 2.64. The summed E-state index contributed by atoms with van der Waals surface area (Å²) in [4.78, 5) is 23.3. The molecule has 0 aromatic carbocycles. The summed E-state index contributed by atoms with van der Waals surface area (Å²) in [6, 6.07) is 0. The standard InChI is InChI=1S/C11H17BrN4O2/c1-11(2,10(18)13-3)6-14-7-5-15-16(4)9(17)8(7)12/h5,14H,6H2,1-4H3,(H,13,18). The molecule has 0 saturated carbocycles. The fraction of sp³-hybridized carbons (Fsp3) is 0.545. The lowest BCUT2D eigenvalue weighted by Gasteiger charge is -2.23. The summed E-state index contributed by atoms with van der Waals surface area (Å²) in [5.74, 6) is -0.0667. The zero-order valence-corrected chi connectivity index (χ0v) is 12.5. The molecule has 0 spiro atoms. The minimum absolute atomic E-state index is 0.0667. The second kappa shape index (κ2) is 5.51. The van der Waals surface area contributed by atoms with Gasteiger partial charge in [-0.25, -0.2) is 4.68 Å². The van der Waals surface area contributed by atoms with Crippen LogP contribution in [0.5, 0.6) is 0 Å². The topological polar surface area (TPSA) is 76.0 Å². The van der Waals surface area contributed by atoms with Gasteiger partial charge in [0, 0.05) is 20.6 Å². The summed E-state index contributed by atoms with van der Waals surface area (Å²) < 4.78 is 1.65. The Morgan fingerprint density at radius 1 is 1.56 bits per heavy atom. The smallest absolute Gasteiger partial charge is 0.282 e. The molecule has 0 unspecified atom stereocenters. The molecule has 18 heavy (non-hydrogen) atoms.